The standard InChI is InChI=1S/2C23H21ClN4O2S.2C17H16ClN3.C17H15ClN2O.C16H12ClN3/c2*1-16-7-13-20(14-8-16)31(29,30)27-23(25)28-15-21(17-5-3-2-4-6-17)22(26-28)18-9-11-19(24)12-10-18;2*1-12(19)21-11-16(13-5-3-2-4-6-13)17(20-21)14-7-9-15(18)10-8-14;1-12(21)20-11-16(13-5-3-2-4-6-13)17(19-20)14-7-9-15(18)10-8-14;17-14-8-6-13(7-9-14)16-15(10-20(11-18)19-16)12-4-2-1-3-5-12/h2*2-14,21H,15H2,1H3,(H2,25,27);2*2-10,16H,1,11,19H2;2-10,16H,11H2,1H3;1-9,15H,10H2/t21-;;16-;;;/m1.1.../s1. The lowest BCUT2D eigenvalue weighted by molar-refractivity contribution is -0.128. The number of nitrogens with two attached hydrogens (primary N) is 4. The molecule has 14 aromatic rings. The van der Waals surface area contributed by atoms with E-state index in [0.29, 0.717) is 81.0 Å². The van der Waals surface area contributed by atoms with Crippen molar-refractivity contribution in [2.75, 3.05) is 39.3 Å². The van der Waals surface area contributed by atoms with Crippen molar-refractivity contribution in [3.63, 3.8) is 0 Å². The van der Waals surface area contributed by atoms with E-state index in [0.717, 1.165) is 95.5 Å². The van der Waals surface area contributed by atoms with E-state index in [2.05, 4.69) is 107 Å². The third kappa shape index (κ3) is 27.0. The van der Waals surface area contributed by atoms with Gasteiger partial charge < -0.3 is 22.9 Å². The molecule has 0 aliphatic carbocycles. The number of sulfonamides is 2. The van der Waals surface area contributed by atoms with Crippen molar-refractivity contribution in [1.82, 2.24) is 30.1 Å². The van der Waals surface area contributed by atoms with Gasteiger partial charge >= 0.3 is 0 Å². The van der Waals surface area contributed by atoms with Gasteiger partial charge in [0.05, 0.1) is 83.3 Å². The number of halogens is 6. The highest BCUT2D eigenvalue weighted by Gasteiger charge is 2.38. The molecule has 6 aliphatic heterocycles. The van der Waals surface area contributed by atoms with Gasteiger partial charge in [-0.05, 0) is 178 Å². The number of hydrogen-bond donors (Lipinski definition) is 4. The van der Waals surface area contributed by atoms with E-state index < -0.39 is 20.0 Å². The molecule has 145 heavy (non-hydrogen) atoms. The smallest absolute Gasteiger partial charge is 0.285 e. The summed E-state index contributed by atoms with van der Waals surface area (Å²) in [6, 6.07) is 119. The summed E-state index contributed by atoms with van der Waals surface area (Å²) in [4.78, 5) is 11.8. The second kappa shape index (κ2) is 48.2. The van der Waals surface area contributed by atoms with Crippen LogP contribution in [0.15, 0.2) is 450 Å². The molecule has 6 atom stereocenters. The lowest BCUT2D eigenvalue weighted by Crippen LogP contribution is -2.33. The molecule has 0 bridgehead atoms. The van der Waals surface area contributed by atoms with Crippen molar-refractivity contribution in [3.05, 3.63) is 509 Å². The number of carbonyl (C=O) groups is 1. The predicted octanol–water partition coefficient (Wildman–Crippen LogP) is 22.8. The summed E-state index contributed by atoms with van der Waals surface area (Å²) in [5.74, 6) is 0.876. The molecule has 24 nitrogen and oxygen atoms in total. The Kier molecular flexibility index (Phi) is 34.6. The molecule has 6 heterocycles. The average Bonchev–Trinajstić information content (AvgIpc) is 1.65. The van der Waals surface area contributed by atoms with Gasteiger partial charge in [0.15, 0.2) is 0 Å². The molecule has 14 aromatic carbocycles. The van der Waals surface area contributed by atoms with E-state index in [1.54, 1.807) is 58.5 Å². The summed E-state index contributed by atoms with van der Waals surface area (Å²) < 4.78 is 58.4. The van der Waals surface area contributed by atoms with Gasteiger partial charge in [0.1, 0.15) is 11.6 Å². The molecular formula is C113H101Cl6N19O5S2. The van der Waals surface area contributed by atoms with Crippen LogP contribution in [0.2, 0.25) is 30.1 Å². The van der Waals surface area contributed by atoms with Gasteiger partial charge in [-0.3, -0.25) is 4.79 Å². The largest absolute Gasteiger partial charge is 0.384 e. The first-order valence-electron chi connectivity index (χ1n) is 46.0. The van der Waals surface area contributed by atoms with Gasteiger partial charge in [-0.15, -0.1) is 8.80 Å². The van der Waals surface area contributed by atoms with E-state index in [1.165, 1.54) is 67.9 Å². The van der Waals surface area contributed by atoms with Crippen LogP contribution in [-0.2, 0) is 24.8 Å². The van der Waals surface area contributed by atoms with Crippen molar-refractivity contribution in [1.29, 1.82) is 5.26 Å². The molecule has 0 saturated heterocycles. The molecule has 4 unspecified atom stereocenters. The maximum atomic E-state index is 12.7. The van der Waals surface area contributed by atoms with Crippen LogP contribution in [-0.4, -0.2) is 138 Å². The minimum Gasteiger partial charge on any atom is -0.384 e. The van der Waals surface area contributed by atoms with Crippen molar-refractivity contribution >= 4 is 142 Å². The van der Waals surface area contributed by atoms with Crippen LogP contribution in [0.25, 0.3) is 0 Å². The monoisotopic (exact) mass is 2080 g/mol. The minimum absolute atomic E-state index is 0.0418. The lowest BCUT2D eigenvalue weighted by Gasteiger charge is -2.15. The van der Waals surface area contributed by atoms with Crippen LogP contribution in [0, 0.1) is 25.3 Å². The molecule has 0 radical (unpaired) electrons. The second-order valence-electron chi connectivity index (χ2n) is 34.3. The zero-order chi connectivity index (χ0) is 102. The fraction of sp³-hybridized carbons (Fsp3) is 0.133. The highest BCUT2D eigenvalue weighted by Crippen LogP contribution is 2.38. The molecule has 20 rings (SSSR count). The van der Waals surface area contributed by atoms with E-state index >= 15 is 0 Å². The fourth-order valence-corrected chi connectivity index (χ4v) is 19.4. The molecule has 0 aromatic heterocycles. The SMILES string of the molecule is C=C(N)N1CC(c2ccccc2)C(c2ccc(Cl)cc2)=N1.C=C(N)N1C[C@H](c2ccccc2)C(c2ccc(Cl)cc2)=N1.CC(=O)N1CC(c2ccccc2)C(c2ccc(Cl)cc2)=N1.Cc1ccc(S(=O)(=O)N=C(N)N2CC(c3ccccc3)C(c3ccc(Cl)cc3)=N2)cc1.Cc1ccc(S(=O)(=O)N=C(N)N2C[C@H](c3ccccc3)C(c3ccc(Cl)cc3)=N2)cc1.N#CN1CC(c2ccccc2)C(c2ccc(Cl)cc2)=N1. The number of guanidine groups is 2. The number of carbonyl (C=O) groups excluding carboxylic acids is 1. The first-order chi connectivity index (χ1) is 69.9. The van der Waals surface area contributed by atoms with Crippen LogP contribution in [0.3, 0.4) is 0 Å². The van der Waals surface area contributed by atoms with Gasteiger partial charge in [0.25, 0.3) is 20.0 Å². The first-order valence-corrected chi connectivity index (χ1v) is 51.2. The quantitative estimate of drug-likeness (QED) is 0.0352. The van der Waals surface area contributed by atoms with Crippen LogP contribution in [0.4, 0.5) is 0 Å². The fourth-order valence-electron chi connectivity index (χ4n) is 16.8. The lowest BCUT2D eigenvalue weighted by atomic mass is 9.91. The molecular weight excluding hydrogens is 1980 g/mol. The Labute approximate surface area is 874 Å². The third-order valence-electron chi connectivity index (χ3n) is 24.3. The number of nitrogens with zero attached hydrogens (tertiary/aromatic N) is 15. The molecule has 732 valence electrons. The number of hydrazone groups is 6. The number of aryl methyl sites for hydroxylation is 2. The minimum atomic E-state index is -3.95. The molecule has 0 fully saturated rings. The van der Waals surface area contributed by atoms with E-state index in [4.69, 9.17) is 97.8 Å². The van der Waals surface area contributed by atoms with E-state index in [-0.39, 0.29) is 63.1 Å². The van der Waals surface area contributed by atoms with E-state index in [1.807, 2.05) is 269 Å². The first kappa shape index (κ1) is 104. The predicted molar refractivity (Wildman–Crippen MR) is 586 cm³/mol. The number of hydrogen-bond acceptors (Lipinski definition) is 17. The second-order valence-corrected chi connectivity index (χ2v) is 40.1. The Hall–Kier alpha value is -15.3. The number of rotatable bonds is 18. The topological polar surface area (TPSA) is 332 Å². The highest BCUT2D eigenvalue weighted by molar-refractivity contribution is 7.90. The summed E-state index contributed by atoms with van der Waals surface area (Å²) in [5, 5.41) is 49.9. The zero-order valence-electron chi connectivity index (χ0n) is 79.1. The Morgan fingerprint density at radius 1 is 0.297 bits per heavy atom. The normalized spacial score (nSPS) is 17.4. The molecule has 0 spiro atoms. The maximum Gasteiger partial charge on any atom is 0.285 e. The molecule has 1 amide bonds. The van der Waals surface area contributed by atoms with Gasteiger partial charge in [0.2, 0.25) is 24.0 Å². The van der Waals surface area contributed by atoms with Crippen LogP contribution in [0.1, 0.15) is 120 Å². The molecule has 6 aliphatic rings. The molecule has 8 N–H and O–H groups in total. The van der Waals surface area contributed by atoms with Crippen molar-refractivity contribution < 1.29 is 21.6 Å². The van der Waals surface area contributed by atoms with E-state index in [9.17, 15) is 21.6 Å². The van der Waals surface area contributed by atoms with Crippen molar-refractivity contribution in [2.45, 2.75) is 66.1 Å². The summed E-state index contributed by atoms with van der Waals surface area (Å²) in [5.41, 5.74) is 43.8. The number of amides is 1. The molecule has 0 saturated carbocycles. The third-order valence-corrected chi connectivity index (χ3v) is 28.4. The Balaban J connectivity index is 0.000000132. The number of nitriles is 1. The molecule has 32 heteroatoms. The summed E-state index contributed by atoms with van der Waals surface area (Å²) in [6.45, 7) is 16.2. The van der Waals surface area contributed by atoms with Crippen LogP contribution in [0.5, 0.6) is 0 Å². The van der Waals surface area contributed by atoms with Gasteiger partial charge in [-0.2, -0.15) is 57.7 Å². The summed E-state index contributed by atoms with van der Waals surface area (Å²) in [7, 11) is -7.90. The maximum absolute atomic E-state index is 12.7. The van der Waals surface area contributed by atoms with Gasteiger partial charge in [-0.25, -0.2) is 25.0 Å². The Morgan fingerprint density at radius 3 is 0.703 bits per heavy atom. The van der Waals surface area contributed by atoms with Crippen LogP contribution < -0.4 is 22.9 Å². The Morgan fingerprint density at radius 2 is 0.490 bits per heavy atom. The Bertz CT molecular complexity index is 6970. The van der Waals surface area contributed by atoms with Crippen LogP contribution >= 0.6 is 69.6 Å². The highest BCUT2D eigenvalue weighted by atomic mass is 35.5. The number of benzene rings is 14. The zero-order valence-corrected chi connectivity index (χ0v) is 85.2. The van der Waals surface area contributed by atoms with Crippen molar-refractivity contribution in [2.24, 2.45) is 62.3 Å². The summed E-state index contributed by atoms with van der Waals surface area (Å²) in [6.07, 6.45) is 2.09. The van der Waals surface area contributed by atoms with Gasteiger partial charge in [-0.1, -0.05) is 373 Å². The van der Waals surface area contributed by atoms with Gasteiger partial charge in [0, 0.05) is 72.6 Å². The average molecular weight is 2080 g/mol. The summed E-state index contributed by atoms with van der Waals surface area (Å²) >= 11 is 35.9. The van der Waals surface area contributed by atoms with Crippen molar-refractivity contribution in [3.8, 4) is 6.19 Å².